The van der Waals surface area contributed by atoms with Crippen LogP contribution in [0.5, 0.6) is 0 Å². The van der Waals surface area contributed by atoms with Crippen LogP contribution >= 0.6 is 0 Å². The zero-order valence-electron chi connectivity index (χ0n) is 16.5. The van der Waals surface area contributed by atoms with Crippen molar-refractivity contribution in [2.75, 3.05) is 22.6 Å². The Balaban J connectivity index is 2.13. The second-order valence-electron chi connectivity index (χ2n) is 7.03. The van der Waals surface area contributed by atoms with E-state index in [1.54, 1.807) is 12.1 Å². The lowest BCUT2D eigenvalue weighted by Gasteiger charge is -2.24. The van der Waals surface area contributed by atoms with E-state index in [4.69, 9.17) is 0 Å². The van der Waals surface area contributed by atoms with Gasteiger partial charge in [0.05, 0.1) is 22.8 Å². The minimum absolute atomic E-state index is 0.176. The smallest absolute Gasteiger partial charge is 0.323 e. The molecule has 1 aromatic carbocycles. The lowest BCUT2D eigenvalue weighted by Crippen LogP contribution is -2.26. The molecule has 1 heterocycles. The number of carbonyl (C=O) groups is 1. The van der Waals surface area contributed by atoms with Crippen molar-refractivity contribution in [1.82, 2.24) is 9.78 Å². The number of urea groups is 1. The third-order valence-corrected chi connectivity index (χ3v) is 4.41. The monoisotopic (exact) mass is 361 g/mol. The van der Waals surface area contributed by atoms with Gasteiger partial charge in [-0.15, -0.1) is 0 Å². The molecule has 0 saturated carbocycles. The van der Waals surface area contributed by atoms with Gasteiger partial charge in [-0.2, -0.15) is 5.10 Å². The van der Waals surface area contributed by atoms with E-state index < -0.39 is 6.03 Å². The van der Waals surface area contributed by atoms with Crippen LogP contribution < -0.4 is 15.5 Å². The van der Waals surface area contributed by atoms with Gasteiger partial charge in [-0.25, -0.2) is 9.18 Å². The maximum atomic E-state index is 14.3. The number of nitrogens with zero attached hydrogens (tertiary/aromatic N) is 3. The maximum Gasteiger partial charge on any atom is 0.323 e. The molecule has 0 spiro atoms. The van der Waals surface area contributed by atoms with E-state index in [2.05, 4.69) is 15.7 Å². The molecule has 2 aromatic rings. The van der Waals surface area contributed by atoms with Crippen LogP contribution in [0.15, 0.2) is 18.2 Å². The van der Waals surface area contributed by atoms with Crippen molar-refractivity contribution < 1.29 is 9.18 Å². The van der Waals surface area contributed by atoms with E-state index in [0.717, 1.165) is 11.4 Å². The molecule has 0 aliphatic heterocycles. The van der Waals surface area contributed by atoms with Crippen LogP contribution in [0.25, 0.3) is 0 Å². The Bertz CT molecular complexity index is 797. The summed E-state index contributed by atoms with van der Waals surface area (Å²) in [7, 11) is 1.83. The number of hydrogen-bond donors (Lipinski definition) is 2. The number of hydrogen-bond acceptors (Lipinski definition) is 3. The predicted octanol–water partition coefficient (Wildman–Crippen LogP) is 4.71. The molecule has 0 radical (unpaired) electrons. The third-order valence-electron chi connectivity index (χ3n) is 4.41. The van der Waals surface area contributed by atoms with Crippen molar-refractivity contribution in [2.24, 2.45) is 0 Å². The summed E-state index contributed by atoms with van der Waals surface area (Å²) in [6, 6.07) is 4.63. The lowest BCUT2D eigenvalue weighted by atomic mass is 10.2. The van der Waals surface area contributed by atoms with E-state index in [-0.39, 0.29) is 17.9 Å². The van der Waals surface area contributed by atoms with Gasteiger partial charge in [0, 0.05) is 24.8 Å². The molecule has 0 saturated heterocycles. The molecule has 0 aliphatic rings. The fourth-order valence-electron chi connectivity index (χ4n) is 2.77. The van der Waals surface area contributed by atoms with Crippen LogP contribution in [0.3, 0.4) is 0 Å². The summed E-state index contributed by atoms with van der Waals surface area (Å²) in [4.78, 5) is 14.2. The number of rotatable bonds is 5. The van der Waals surface area contributed by atoms with Crippen LogP contribution in [-0.2, 0) is 0 Å². The zero-order valence-corrected chi connectivity index (χ0v) is 16.5. The molecule has 2 N–H and O–H groups in total. The van der Waals surface area contributed by atoms with Gasteiger partial charge in [0.25, 0.3) is 0 Å². The highest BCUT2D eigenvalue weighted by molar-refractivity contribution is 6.00. The first-order valence-corrected chi connectivity index (χ1v) is 8.77. The molecule has 0 aliphatic carbocycles. The summed E-state index contributed by atoms with van der Waals surface area (Å²) in [5, 5.41) is 9.93. The lowest BCUT2D eigenvalue weighted by molar-refractivity contribution is 0.262. The molecular formula is C19H28FN5O. The van der Waals surface area contributed by atoms with Crippen molar-refractivity contribution in [3.63, 3.8) is 0 Å². The molecule has 2 amide bonds. The Morgan fingerprint density at radius 2 is 1.85 bits per heavy atom. The highest BCUT2D eigenvalue weighted by Crippen LogP contribution is 2.25. The van der Waals surface area contributed by atoms with E-state index >= 15 is 0 Å². The first-order chi connectivity index (χ1) is 12.1. The Kier molecular flexibility index (Phi) is 5.90. The second-order valence-corrected chi connectivity index (χ2v) is 7.03. The SMILES string of the molecule is Cc1nn(C(C)C)c(C)c1NC(=O)Nc1ccc(N(C)C(C)C)c(F)c1. The number of amides is 2. The Hall–Kier alpha value is -2.57. The molecule has 7 heteroatoms. The first-order valence-electron chi connectivity index (χ1n) is 8.77. The van der Waals surface area contributed by atoms with E-state index in [1.807, 2.05) is 58.2 Å². The molecule has 0 atom stereocenters. The predicted molar refractivity (Wildman–Crippen MR) is 105 cm³/mol. The van der Waals surface area contributed by atoms with Crippen LogP contribution in [0.4, 0.5) is 26.2 Å². The highest BCUT2D eigenvalue weighted by Gasteiger charge is 2.16. The summed E-state index contributed by atoms with van der Waals surface area (Å²) in [5.41, 5.74) is 3.19. The number of aryl methyl sites for hydroxylation is 1. The van der Waals surface area contributed by atoms with Gasteiger partial charge in [-0.1, -0.05) is 0 Å². The molecule has 6 nitrogen and oxygen atoms in total. The molecule has 1 aromatic heterocycles. The maximum absolute atomic E-state index is 14.3. The largest absolute Gasteiger partial charge is 0.370 e. The Morgan fingerprint density at radius 3 is 2.35 bits per heavy atom. The standard InChI is InChI=1S/C19H28FN5O/c1-11(2)24(7)17-9-8-15(10-16(17)20)21-19(26)22-18-13(5)23-25(12(3)4)14(18)6/h8-12H,1-7H3,(H2,21,22,26). The van der Waals surface area contributed by atoms with Gasteiger partial charge < -0.3 is 15.5 Å². The molecular weight excluding hydrogens is 333 g/mol. The van der Waals surface area contributed by atoms with Crippen molar-refractivity contribution in [3.05, 3.63) is 35.4 Å². The second kappa shape index (κ2) is 7.76. The molecule has 142 valence electrons. The third kappa shape index (κ3) is 4.15. The van der Waals surface area contributed by atoms with Gasteiger partial charge in [0.1, 0.15) is 5.82 Å². The summed E-state index contributed by atoms with van der Waals surface area (Å²) in [6.07, 6.45) is 0. The molecule has 0 bridgehead atoms. The van der Waals surface area contributed by atoms with Crippen molar-refractivity contribution in [1.29, 1.82) is 0 Å². The van der Waals surface area contributed by atoms with E-state index in [1.165, 1.54) is 6.07 Å². The van der Waals surface area contributed by atoms with E-state index in [9.17, 15) is 9.18 Å². The first kappa shape index (κ1) is 19.8. The molecule has 0 unspecified atom stereocenters. The Morgan fingerprint density at radius 1 is 1.19 bits per heavy atom. The summed E-state index contributed by atoms with van der Waals surface area (Å²) >= 11 is 0. The van der Waals surface area contributed by atoms with Gasteiger partial charge in [0.2, 0.25) is 0 Å². The van der Waals surface area contributed by atoms with Crippen LogP contribution in [0.2, 0.25) is 0 Å². The summed E-state index contributed by atoms with van der Waals surface area (Å²) in [5.74, 6) is -0.376. The van der Waals surface area contributed by atoms with E-state index in [0.29, 0.717) is 17.1 Å². The van der Waals surface area contributed by atoms with Gasteiger partial charge >= 0.3 is 6.03 Å². The molecule has 26 heavy (non-hydrogen) atoms. The topological polar surface area (TPSA) is 62.2 Å². The summed E-state index contributed by atoms with van der Waals surface area (Å²) < 4.78 is 16.2. The Labute approximate surface area is 154 Å². The minimum atomic E-state index is -0.427. The molecule has 2 rings (SSSR count). The average Bonchev–Trinajstić information content (AvgIpc) is 2.82. The number of nitrogens with one attached hydrogen (secondary N) is 2. The number of halogens is 1. The zero-order chi connectivity index (χ0) is 19.6. The van der Waals surface area contributed by atoms with Crippen molar-refractivity contribution >= 4 is 23.1 Å². The van der Waals surface area contributed by atoms with Crippen LogP contribution in [0.1, 0.15) is 45.1 Å². The average molecular weight is 361 g/mol. The number of anilines is 3. The highest BCUT2D eigenvalue weighted by atomic mass is 19.1. The number of carbonyl (C=O) groups excluding carboxylic acids is 1. The van der Waals surface area contributed by atoms with Crippen LogP contribution in [-0.4, -0.2) is 28.9 Å². The number of benzene rings is 1. The van der Waals surface area contributed by atoms with Crippen molar-refractivity contribution in [3.8, 4) is 0 Å². The molecule has 0 fully saturated rings. The number of aromatic nitrogens is 2. The fourth-order valence-corrected chi connectivity index (χ4v) is 2.77. The van der Waals surface area contributed by atoms with Gasteiger partial charge in [-0.05, 0) is 59.7 Å². The van der Waals surface area contributed by atoms with Crippen LogP contribution in [0, 0.1) is 19.7 Å². The van der Waals surface area contributed by atoms with Gasteiger partial charge in [0.15, 0.2) is 0 Å². The quantitative estimate of drug-likeness (QED) is 0.811. The normalized spacial score (nSPS) is 11.2. The van der Waals surface area contributed by atoms with Gasteiger partial charge in [-0.3, -0.25) is 4.68 Å². The summed E-state index contributed by atoms with van der Waals surface area (Å²) in [6.45, 7) is 11.8. The fraction of sp³-hybridized carbons (Fsp3) is 0.474. The minimum Gasteiger partial charge on any atom is -0.370 e. The van der Waals surface area contributed by atoms with Crippen molar-refractivity contribution in [2.45, 2.75) is 53.6 Å².